The normalized spacial score (nSPS) is 13.5. The van der Waals surface area contributed by atoms with Crippen molar-refractivity contribution in [2.75, 3.05) is 0 Å². The lowest BCUT2D eigenvalue weighted by atomic mass is 10.5. The van der Waals surface area contributed by atoms with Crippen molar-refractivity contribution in [1.82, 2.24) is 0 Å². The van der Waals surface area contributed by atoms with Crippen molar-refractivity contribution in [2.45, 2.75) is 25.5 Å². The number of carbonyl (C=O) groups is 1. The van der Waals surface area contributed by atoms with Gasteiger partial charge in [0.2, 0.25) is 0 Å². The standard InChI is InChI=1S/C7H12O2S/c1-3-4-5-9-7(8)6(2)10/h4-6,10H,3H2,1-2H3/b5-4+. The summed E-state index contributed by atoms with van der Waals surface area (Å²) in [4.78, 5) is 10.7. The smallest absolute Gasteiger partial charge is 0.323 e. The van der Waals surface area contributed by atoms with Crippen molar-refractivity contribution in [2.24, 2.45) is 0 Å². The highest BCUT2D eigenvalue weighted by Crippen LogP contribution is 1.96. The topological polar surface area (TPSA) is 26.3 Å². The van der Waals surface area contributed by atoms with Gasteiger partial charge in [-0.1, -0.05) is 6.92 Å². The van der Waals surface area contributed by atoms with Crippen LogP contribution in [0.4, 0.5) is 0 Å². The number of allylic oxidation sites excluding steroid dienone is 1. The molecule has 0 spiro atoms. The zero-order valence-electron chi connectivity index (χ0n) is 6.20. The van der Waals surface area contributed by atoms with Gasteiger partial charge in [0.1, 0.15) is 0 Å². The summed E-state index contributed by atoms with van der Waals surface area (Å²) in [5, 5.41) is -0.346. The molecule has 0 N–H and O–H groups in total. The second-order valence-electron chi connectivity index (χ2n) is 1.89. The van der Waals surface area contributed by atoms with Gasteiger partial charge in [-0.05, 0) is 19.4 Å². The molecule has 3 heteroatoms. The monoisotopic (exact) mass is 160 g/mol. The molecule has 1 atom stereocenters. The van der Waals surface area contributed by atoms with E-state index in [2.05, 4.69) is 17.4 Å². The molecule has 0 rings (SSSR count). The van der Waals surface area contributed by atoms with Crippen molar-refractivity contribution in [3.8, 4) is 0 Å². The summed E-state index contributed by atoms with van der Waals surface area (Å²) in [5.74, 6) is -0.312. The van der Waals surface area contributed by atoms with E-state index in [4.69, 9.17) is 0 Å². The second-order valence-corrected chi connectivity index (χ2v) is 2.67. The van der Waals surface area contributed by atoms with Crippen LogP contribution in [0.5, 0.6) is 0 Å². The first-order valence-electron chi connectivity index (χ1n) is 3.22. The lowest BCUT2D eigenvalue weighted by molar-refractivity contribution is -0.137. The van der Waals surface area contributed by atoms with Gasteiger partial charge in [-0.25, -0.2) is 0 Å². The van der Waals surface area contributed by atoms with Gasteiger partial charge in [0.15, 0.2) is 0 Å². The molecule has 0 aromatic rings. The third-order valence-electron chi connectivity index (χ3n) is 0.857. The third kappa shape index (κ3) is 4.44. The molecule has 0 aliphatic rings. The molecule has 0 saturated heterocycles. The van der Waals surface area contributed by atoms with Crippen molar-refractivity contribution >= 4 is 18.6 Å². The van der Waals surface area contributed by atoms with Crippen LogP contribution in [0.25, 0.3) is 0 Å². The first-order valence-corrected chi connectivity index (χ1v) is 3.73. The van der Waals surface area contributed by atoms with E-state index < -0.39 is 0 Å². The highest BCUT2D eigenvalue weighted by Gasteiger charge is 2.05. The minimum absolute atomic E-state index is 0.312. The molecule has 0 radical (unpaired) electrons. The van der Waals surface area contributed by atoms with E-state index in [-0.39, 0.29) is 11.2 Å². The van der Waals surface area contributed by atoms with Gasteiger partial charge in [-0.3, -0.25) is 4.79 Å². The van der Waals surface area contributed by atoms with Crippen LogP contribution in [-0.2, 0) is 9.53 Å². The Balaban J connectivity index is 3.49. The van der Waals surface area contributed by atoms with Crippen LogP contribution in [0, 0.1) is 0 Å². The molecule has 0 fully saturated rings. The van der Waals surface area contributed by atoms with E-state index in [0.717, 1.165) is 6.42 Å². The van der Waals surface area contributed by atoms with Crippen LogP contribution in [0.2, 0.25) is 0 Å². The first-order chi connectivity index (χ1) is 4.68. The largest absolute Gasteiger partial charge is 0.434 e. The van der Waals surface area contributed by atoms with Crippen molar-refractivity contribution in [1.29, 1.82) is 0 Å². The molecule has 1 unspecified atom stereocenters. The van der Waals surface area contributed by atoms with Gasteiger partial charge in [-0.2, -0.15) is 12.6 Å². The molecule has 0 heterocycles. The summed E-state index contributed by atoms with van der Waals surface area (Å²) in [6.45, 7) is 3.64. The minimum Gasteiger partial charge on any atom is -0.434 e. The molecule has 0 saturated carbocycles. The maximum absolute atomic E-state index is 10.7. The minimum atomic E-state index is -0.346. The Morgan fingerprint density at radius 2 is 2.40 bits per heavy atom. The van der Waals surface area contributed by atoms with Crippen LogP contribution in [0.1, 0.15) is 20.3 Å². The summed E-state index contributed by atoms with van der Waals surface area (Å²) >= 11 is 3.89. The second kappa shape index (κ2) is 5.35. The molecule has 0 aliphatic carbocycles. The molecule has 0 aromatic heterocycles. The lowest BCUT2D eigenvalue weighted by Gasteiger charge is -1.99. The van der Waals surface area contributed by atoms with Gasteiger partial charge in [-0.15, -0.1) is 0 Å². The number of esters is 1. The molecule has 0 amide bonds. The Kier molecular flexibility index (Phi) is 5.12. The summed E-state index contributed by atoms with van der Waals surface area (Å²) in [5.41, 5.74) is 0. The number of hydrogen-bond acceptors (Lipinski definition) is 3. The van der Waals surface area contributed by atoms with Crippen molar-refractivity contribution < 1.29 is 9.53 Å². The van der Waals surface area contributed by atoms with Gasteiger partial charge >= 0.3 is 5.97 Å². The van der Waals surface area contributed by atoms with E-state index in [0.29, 0.717) is 0 Å². The highest BCUT2D eigenvalue weighted by molar-refractivity contribution is 7.81. The highest BCUT2D eigenvalue weighted by atomic mass is 32.1. The Morgan fingerprint density at radius 3 is 2.80 bits per heavy atom. The number of ether oxygens (including phenoxy) is 1. The maximum Gasteiger partial charge on any atom is 0.323 e. The van der Waals surface area contributed by atoms with Crippen LogP contribution in [-0.4, -0.2) is 11.2 Å². The summed E-state index contributed by atoms with van der Waals surface area (Å²) in [6, 6.07) is 0. The average Bonchev–Trinajstić information content (AvgIpc) is 1.88. The van der Waals surface area contributed by atoms with Crippen molar-refractivity contribution in [3.05, 3.63) is 12.3 Å². The maximum atomic E-state index is 10.7. The predicted octanol–water partition coefficient (Wildman–Crippen LogP) is 1.77. The molecular weight excluding hydrogens is 148 g/mol. The van der Waals surface area contributed by atoms with Crippen LogP contribution >= 0.6 is 12.6 Å². The number of carbonyl (C=O) groups excluding carboxylic acids is 1. The average molecular weight is 160 g/mol. The van der Waals surface area contributed by atoms with Crippen LogP contribution < -0.4 is 0 Å². The van der Waals surface area contributed by atoms with Crippen molar-refractivity contribution in [3.63, 3.8) is 0 Å². The number of thiol groups is 1. The fourth-order valence-electron chi connectivity index (χ4n) is 0.310. The summed E-state index contributed by atoms with van der Waals surface area (Å²) in [7, 11) is 0. The zero-order valence-corrected chi connectivity index (χ0v) is 7.10. The Hall–Kier alpha value is -0.440. The molecular formula is C7H12O2S. The van der Waals surface area contributed by atoms with E-state index in [1.807, 2.05) is 6.92 Å². The van der Waals surface area contributed by atoms with Gasteiger partial charge in [0.05, 0.1) is 11.5 Å². The zero-order chi connectivity index (χ0) is 7.98. The Bertz CT molecular complexity index is 130. The fraction of sp³-hybridized carbons (Fsp3) is 0.571. The van der Waals surface area contributed by atoms with Gasteiger partial charge in [0.25, 0.3) is 0 Å². The van der Waals surface area contributed by atoms with E-state index in [1.54, 1.807) is 13.0 Å². The molecule has 10 heavy (non-hydrogen) atoms. The molecule has 0 aliphatic heterocycles. The van der Waals surface area contributed by atoms with Gasteiger partial charge < -0.3 is 4.74 Å². The van der Waals surface area contributed by atoms with E-state index >= 15 is 0 Å². The first kappa shape index (κ1) is 9.56. The predicted molar refractivity (Wildman–Crippen MR) is 44.0 cm³/mol. The van der Waals surface area contributed by atoms with Gasteiger partial charge in [0, 0.05) is 0 Å². The fourth-order valence-corrected chi connectivity index (χ4v) is 0.371. The summed E-state index contributed by atoms with van der Waals surface area (Å²) in [6.07, 6.45) is 4.04. The van der Waals surface area contributed by atoms with Crippen LogP contribution in [0.3, 0.4) is 0 Å². The van der Waals surface area contributed by atoms with E-state index in [9.17, 15) is 4.79 Å². The number of rotatable bonds is 3. The number of hydrogen-bond donors (Lipinski definition) is 1. The third-order valence-corrected chi connectivity index (χ3v) is 1.07. The Morgan fingerprint density at radius 1 is 1.80 bits per heavy atom. The SMILES string of the molecule is CC/C=C/OC(=O)C(C)S. The molecule has 58 valence electrons. The van der Waals surface area contributed by atoms with Crippen LogP contribution in [0.15, 0.2) is 12.3 Å². The molecule has 0 aromatic carbocycles. The Labute approximate surface area is 66.7 Å². The lowest BCUT2D eigenvalue weighted by Crippen LogP contribution is -2.10. The molecule has 2 nitrogen and oxygen atoms in total. The summed E-state index contributed by atoms with van der Waals surface area (Å²) < 4.78 is 4.65. The molecule has 0 bridgehead atoms. The quantitative estimate of drug-likeness (QED) is 0.387. The van der Waals surface area contributed by atoms with E-state index in [1.165, 1.54) is 6.26 Å².